The molecule has 0 amide bonds. The highest BCUT2D eigenvalue weighted by Gasteiger charge is 2.09. The Bertz CT molecular complexity index is 701. The molecule has 3 heterocycles. The molecule has 0 unspecified atom stereocenters. The van der Waals surface area contributed by atoms with Crippen molar-refractivity contribution in [1.82, 2.24) is 24.7 Å². The van der Waals surface area contributed by atoms with Crippen molar-refractivity contribution in [2.75, 3.05) is 5.32 Å². The molecule has 7 heteroatoms. The predicted octanol–water partition coefficient (Wildman–Crippen LogP) is 2.22. The Morgan fingerprint density at radius 1 is 1.37 bits per heavy atom. The maximum absolute atomic E-state index is 4.31. The number of fused-ring (bicyclic) bond motifs is 1. The van der Waals surface area contributed by atoms with Crippen LogP contribution in [0.1, 0.15) is 18.3 Å². The first-order chi connectivity index (χ1) is 9.29. The monoisotopic (exact) mass is 274 g/mol. The lowest BCUT2D eigenvalue weighted by atomic mass is 10.3. The number of aryl methyl sites for hydroxylation is 2. The van der Waals surface area contributed by atoms with Crippen LogP contribution in [-0.4, -0.2) is 24.7 Å². The van der Waals surface area contributed by atoms with Crippen LogP contribution in [-0.2, 0) is 13.1 Å². The fraction of sp³-hybridized carbons (Fsp3) is 0.333. The zero-order chi connectivity index (χ0) is 13.2. The van der Waals surface area contributed by atoms with Gasteiger partial charge in [0.05, 0.1) is 16.8 Å². The molecule has 0 saturated heterocycles. The van der Waals surface area contributed by atoms with Crippen molar-refractivity contribution in [3.63, 3.8) is 0 Å². The SMILES string of the molecule is CCn1cnnc1CNc1ncnc2c(C)csc12. The van der Waals surface area contributed by atoms with E-state index in [4.69, 9.17) is 0 Å². The molecular formula is C12H14N6S. The van der Waals surface area contributed by atoms with Crippen LogP contribution in [0.2, 0.25) is 0 Å². The van der Waals surface area contributed by atoms with E-state index in [2.05, 4.69) is 44.7 Å². The third-order valence-corrected chi connectivity index (χ3v) is 4.08. The molecule has 0 aromatic carbocycles. The van der Waals surface area contributed by atoms with Gasteiger partial charge in [0.15, 0.2) is 5.82 Å². The molecule has 0 fully saturated rings. The first kappa shape index (κ1) is 12.0. The lowest BCUT2D eigenvalue weighted by Gasteiger charge is -2.06. The maximum Gasteiger partial charge on any atom is 0.152 e. The van der Waals surface area contributed by atoms with E-state index in [1.807, 2.05) is 4.57 Å². The second kappa shape index (κ2) is 4.93. The Labute approximate surface area is 114 Å². The summed E-state index contributed by atoms with van der Waals surface area (Å²) in [6.07, 6.45) is 3.33. The van der Waals surface area contributed by atoms with Gasteiger partial charge in [-0.1, -0.05) is 0 Å². The van der Waals surface area contributed by atoms with Crippen molar-refractivity contribution in [1.29, 1.82) is 0 Å². The minimum Gasteiger partial charge on any atom is -0.361 e. The molecule has 3 rings (SSSR count). The van der Waals surface area contributed by atoms with E-state index in [1.54, 1.807) is 24.0 Å². The number of nitrogens with zero attached hydrogens (tertiary/aromatic N) is 5. The van der Waals surface area contributed by atoms with E-state index >= 15 is 0 Å². The van der Waals surface area contributed by atoms with Gasteiger partial charge in [-0.3, -0.25) is 0 Å². The molecule has 3 aromatic rings. The number of hydrogen-bond donors (Lipinski definition) is 1. The van der Waals surface area contributed by atoms with Gasteiger partial charge < -0.3 is 9.88 Å². The number of nitrogens with one attached hydrogen (secondary N) is 1. The molecule has 1 N–H and O–H groups in total. The molecule has 0 atom stereocenters. The zero-order valence-corrected chi connectivity index (χ0v) is 11.6. The second-order valence-electron chi connectivity index (χ2n) is 4.21. The summed E-state index contributed by atoms with van der Waals surface area (Å²) in [5.41, 5.74) is 2.20. The van der Waals surface area contributed by atoms with Crippen LogP contribution < -0.4 is 5.32 Å². The third kappa shape index (κ3) is 2.17. The smallest absolute Gasteiger partial charge is 0.152 e. The van der Waals surface area contributed by atoms with Gasteiger partial charge in [-0.15, -0.1) is 21.5 Å². The lowest BCUT2D eigenvalue weighted by Crippen LogP contribution is -2.08. The fourth-order valence-electron chi connectivity index (χ4n) is 1.94. The van der Waals surface area contributed by atoms with Gasteiger partial charge in [0.2, 0.25) is 0 Å². The van der Waals surface area contributed by atoms with Crippen LogP contribution >= 0.6 is 11.3 Å². The van der Waals surface area contributed by atoms with Gasteiger partial charge in [0.25, 0.3) is 0 Å². The molecule has 3 aromatic heterocycles. The minimum atomic E-state index is 0.608. The standard InChI is InChI=1S/C12H14N6S/c1-3-18-7-16-17-9(18)4-13-12-11-10(14-6-15-12)8(2)5-19-11/h5-7H,3-4H2,1-2H3,(H,13,14,15). The molecule has 0 saturated carbocycles. The Balaban J connectivity index is 1.86. The van der Waals surface area contributed by atoms with E-state index in [0.717, 1.165) is 28.4 Å². The highest BCUT2D eigenvalue weighted by atomic mass is 32.1. The van der Waals surface area contributed by atoms with Gasteiger partial charge in [-0.25, -0.2) is 9.97 Å². The molecule has 6 nitrogen and oxygen atoms in total. The highest BCUT2D eigenvalue weighted by molar-refractivity contribution is 7.18. The maximum atomic E-state index is 4.31. The van der Waals surface area contributed by atoms with Gasteiger partial charge in [0, 0.05) is 6.54 Å². The molecule has 0 spiro atoms. The molecule has 98 valence electrons. The highest BCUT2D eigenvalue weighted by Crippen LogP contribution is 2.28. The second-order valence-corrected chi connectivity index (χ2v) is 5.09. The molecule has 0 aliphatic carbocycles. The normalized spacial score (nSPS) is 11.1. The summed E-state index contributed by atoms with van der Waals surface area (Å²) in [6, 6.07) is 0. The molecule has 0 bridgehead atoms. The molecule has 0 aliphatic heterocycles. The summed E-state index contributed by atoms with van der Waals surface area (Å²) in [5.74, 6) is 1.76. The van der Waals surface area contributed by atoms with Crippen LogP contribution in [0.5, 0.6) is 0 Å². The summed E-state index contributed by atoms with van der Waals surface area (Å²) in [6.45, 7) is 5.60. The van der Waals surface area contributed by atoms with Crippen LogP contribution in [0.4, 0.5) is 5.82 Å². The van der Waals surface area contributed by atoms with Gasteiger partial charge in [-0.05, 0) is 24.8 Å². The summed E-state index contributed by atoms with van der Waals surface area (Å²) in [5, 5.41) is 13.4. The van der Waals surface area contributed by atoms with E-state index in [1.165, 1.54) is 5.56 Å². The number of rotatable bonds is 4. The van der Waals surface area contributed by atoms with Crippen LogP contribution in [0.15, 0.2) is 18.0 Å². The number of thiophene rings is 1. The van der Waals surface area contributed by atoms with Gasteiger partial charge in [0.1, 0.15) is 18.5 Å². The van der Waals surface area contributed by atoms with Crippen molar-refractivity contribution in [3.05, 3.63) is 29.4 Å². The lowest BCUT2D eigenvalue weighted by molar-refractivity contribution is 0.707. The summed E-state index contributed by atoms with van der Waals surface area (Å²) in [4.78, 5) is 8.61. The van der Waals surface area contributed by atoms with Crippen LogP contribution in [0.25, 0.3) is 10.2 Å². The van der Waals surface area contributed by atoms with Gasteiger partial charge >= 0.3 is 0 Å². The third-order valence-electron chi connectivity index (χ3n) is 2.98. The largest absolute Gasteiger partial charge is 0.361 e. The zero-order valence-electron chi connectivity index (χ0n) is 10.8. The number of hydrogen-bond acceptors (Lipinski definition) is 6. The quantitative estimate of drug-likeness (QED) is 0.790. The number of anilines is 1. The van der Waals surface area contributed by atoms with E-state index in [0.29, 0.717) is 6.54 Å². The average molecular weight is 274 g/mol. The van der Waals surface area contributed by atoms with Crippen molar-refractivity contribution < 1.29 is 0 Å². The predicted molar refractivity (Wildman–Crippen MR) is 75.2 cm³/mol. The van der Waals surface area contributed by atoms with E-state index in [-0.39, 0.29) is 0 Å². The van der Waals surface area contributed by atoms with Crippen molar-refractivity contribution in [2.45, 2.75) is 26.9 Å². The van der Waals surface area contributed by atoms with E-state index in [9.17, 15) is 0 Å². The van der Waals surface area contributed by atoms with Crippen LogP contribution in [0.3, 0.4) is 0 Å². The molecular weight excluding hydrogens is 260 g/mol. The van der Waals surface area contributed by atoms with Crippen LogP contribution in [0, 0.1) is 6.92 Å². The average Bonchev–Trinajstić information content (AvgIpc) is 3.03. The Kier molecular flexibility index (Phi) is 3.12. The van der Waals surface area contributed by atoms with E-state index < -0.39 is 0 Å². The molecule has 0 aliphatic rings. The summed E-state index contributed by atoms with van der Waals surface area (Å²) in [7, 11) is 0. The Morgan fingerprint density at radius 3 is 3.11 bits per heavy atom. The fourth-order valence-corrected chi connectivity index (χ4v) is 2.91. The molecule has 0 radical (unpaired) electrons. The van der Waals surface area contributed by atoms with Crippen molar-refractivity contribution >= 4 is 27.4 Å². The number of aromatic nitrogens is 5. The van der Waals surface area contributed by atoms with Crippen molar-refractivity contribution in [3.8, 4) is 0 Å². The summed E-state index contributed by atoms with van der Waals surface area (Å²) >= 11 is 1.66. The Hall–Kier alpha value is -2.02. The minimum absolute atomic E-state index is 0.608. The molecule has 19 heavy (non-hydrogen) atoms. The topological polar surface area (TPSA) is 68.5 Å². The Morgan fingerprint density at radius 2 is 2.26 bits per heavy atom. The van der Waals surface area contributed by atoms with Crippen molar-refractivity contribution in [2.24, 2.45) is 0 Å². The first-order valence-corrected chi connectivity index (χ1v) is 6.97. The summed E-state index contributed by atoms with van der Waals surface area (Å²) < 4.78 is 3.09. The first-order valence-electron chi connectivity index (χ1n) is 6.09. The van der Waals surface area contributed by atoms with Gasteiger partial charge in [-0.2, -0.15) is 0 Å².